The van der Waals surface area contributed by atoms with Crippen molar-refractivity contribution < 1.29 is 9.15 Å². The zero-order chi connectivity index (χ0) is 21.7. The van der Waals surface area contributed by atoms with Crippen LogP contribution in [0.2, 0.25) is 0 Å². The number of methoxy groups -OCH3 is 1. The van der Waals surface area contributed by atoms with E-state index in [-0.39, 0.29) is 0 Å². The summed E-state index contributed by atoms with van der Waals surface area (Å²) in [7, 11) is -0.698. The molecular weight excluding hydrogens is 403 g/mol. The van der Waals surface area contributed by atoms with Gasteiger partial charge in [0.05, 0.1) is 7.11 Å². The van der Waals surface area contributed by atoms with Crippen molar-refractivity contribution in [1.29, 1.82) is 0 Å². The average Bonchev–Trinajstić information content (AvgIpc) is 3.27. The normalized spacial score (nSPS) is 11.3. The highest BCUT2D eigenvalue weighted by atomic mass is 31.2. The molecule has 0 unspecified atom stereocenters. The predicted octanol–water partition coefficient (Wildman–Crippen LogP) is 4.15. The summed E-state index contributed by atoms with van der Waals surface area (Å²) in [6.45, 7) is 5.84. The number of hydrogen-bond acceptors (Lipinski definition) is 4. The number of hydrogen-bond donors (Lipinski definition) is 0. The molecule has 0 aliphatic carbocycles. The van der Waals surface area contributed by atoms with E-state index in [1.807, 2.05) is 0 Å². The molecule has 4 rings (SSSR count). The summed E-state index contributed by atoms with van der Waals surface area (Å²) in [5, 5.41) is 3.64. The van der Waals surface area contributed by atoms with Crippen LogP contribution >= 0.6 is 7.26 Å². The van der Waals surface area contributed by atoms with Gasteiger partial charge in [-0.05, 0) is 50.2 Å². The number of rotatable bonds is 8. The standard InChI is InChI=1S/C26H28N2O2P/c1-4-28(5-2)26-27-24(25(29-3)30-26)31(21-15-9-6-10-16-21,22-17-11-7-12-18-22)23-19-13-8-14-20-23/h6-20H,4-5H2,1-3H3/q+1. The van der Waals surface area contributed by atoms with Gasteiger partial charge in [0.2, 0.25) is 0 Å². The van der Waals surface area contributed by atoms with E-state index in [1.165, 1.54) is 15.9 Å². The highest BCUT2D eigenvalue weighted by molar-refractivity contribution is 8.01. The van der Waals surface area contributed by atoms with Crippen molar-refractivity contribution >= 4 is 34.6 Å². The first kappa shape index (κ1) is 21.1. The summed E-state index contributed by atoms with van der Waals surface area (Å²) in [6.07, 6.45) is 0. The van der Waals surface area contributed by atoms with E-state index in [0.717, 1.165) is 18.5 Å². The van der Waals surface area contributed by atoms with Crippen molar-refractivity contribution in [3.8, 4) is 5.95 Å². The first-order valence-electron chi connectivity index (χ1n) is 10.6. The first-order valence-corrected chi connectivity index (χ1v) is 12.4. The molecule has 0 N–H and O–H groups in total. The van der Waals surface area contributed by atoms with Crippen LogP contribution < -0.4 is 31.0 Å². The summed E-state index contributed by atoms with van der Waals surface area (Å²) >= 11 is 0. The maximum atomic E-state index is 6.20. The van der Waals surface area contributed by atoms with E-state index < -0.39 is 7.26 Å². The molecule has 0 aliphatic heterocycles. The monoisotopic (exact) mass is 431 g/mol. The SMILES string of the molecule is CCN(CC)c1nc([P+](c2ccccc2)(c2ccccc2)c2ccccc2)c(OC)o1. The lowest BCUT2D eigenvalue weighted by molar-refractivity contribution is 0.309. The van der Waals surface area contributed by atoms with E-state index in [0.29, 0.717) is 12.0 Å². The molecule has 1 aromatic heterocycles. The molecule has 0 saturated carbocycles. The maximum absolute atomic E-state index is 6.20. The van der Waals surface area contributed by atoms with Crippen molar-refractivity contribution in [1.82, 2.24) is 4.98 Å². The smallest absolute Gasteiger partial charge is 0.353 e. The highest BCUT2D eigenvalue weighted by Gasteiger charge is 2.53. The fourth-order valence-electron chi connectivity index (χ4n) is 4.03. The Kier molecular flexibility index (Phi) is 6.39. The molecule has 4 nitrogen and oxygen atoms in total. The van der Waals surface area contributed by atoms with Crippen LogP contribution in [0.5, 0.6) is 5.95 Å². The van der Waals surface area contributed by atoms with Crippen LogP contribution in [0.4, 0.5) is 6.01 Å². The minimum atomic E-state index is -2.36. The van der Waals surface area contributed by atoms with Gasteiger partial charge in [0.25, 0.3) is 5.44 Å². The van der Waals surface area contributed by atoms with E-state index in [1.54, 1.807) is 7.11 Å². The summed E-state index contributed by atoms with van der Waals surface area (Å²) in [5.74, 6) is 0.479. The van der Waals surface area contributed by atoms with Gasteiger partial charge in [-0.25, -0.2) is 0 Å². The molecule has 31 heavy (non-hydrogen) atoms. The Balaban J connectivity index is 2.11. The predicted molar refractivity (Wildman–Crippen MR) is 131 cm³/mol. The van der Waals surface area contributed by atoms with E-state index in [4.69, 9.17) is 14.1 Å². The van der Waals surface area contributed by atoms with Crippen LogP contribution in [0.25, 0.3) is 0 Å². The number of benzene rings is 3. The molecule has 0 spiro atoms. The van der Waals surface area contributed by atoms with Gasteiger partial charge < -0.3 is 14.1 Å². The third-order valence-electron chi connectivity index (χ3n) is 5.54. The second-order valence-corrected chi connectivity index (χ2v) is 10.5. The van der Waals surface area contributed by atoms with Crippen LogP contribution in [0.15, 0.2) is 95.4 Å². The van der Waals surface area contributed by atoms with Crippen LogP contribution in [-0.4, -0.2) is 25.2 Å². The van der Waals surface area contributed by atoms with Gasteiger partial charge >= 0.3 is 12.0 Å². The van der Waals surface area contributed by atoms with Gasteiger partial charge in [-0.3, -0.25) is 0 Å². The van der Waals surface area contributed by atoms with Gasteiger partial charge in [0.1, 0.15) is 15.9 Å². The molecule has 4 aromatic rings. The number of nitrogens with zero attached hydrogens (tertiary/aromatic N) is 2. The molecule has 5 heteroatoms. The van der Waals surface area contributed by atoms with Crippen molar-refractivity contribution in [3.63, 3.8) is 0 Å². The Labute approximate surface area is 184 Å². The molecule has 1 heterocycles. The molecule has 0 bridgehead atoms. The van der Waals surface area contributed by atoms with Crippen LogP contribution in [0.1, 0.15) is 13.8 Å². The number of ether oxygens (including phenoxy) is 1. The van der Waals surface area contributed by atoms with Crippen molar-refractivity contribution in [2.75, 3.05) is 25.1 Å². The minimum Gasteiger partial charge on any atom is -0.464 e. The van der Waals surface area contributed by atoms with Crippen LogP contribution in [-0.2, 0) is 0 Å². The van der Waals surface area contributed by atoms with Crippen molar-refractivity contribution in [2.24, 2.45) is 0 Å². The zero-order valence-corrected chi connectivity index (χ0v) is 19.1. The molecule has 0 fully saturated rings. The summed E-state index contributed by atoms with van der Waals surface area (Å²) in [4.78, 5) is 7.22. The third-order valence-corrected chi connectivity index (χ3v) is 9.67. The Morgan fingerprint density at radius 3 is 1.52 bits per heavy atom. The van der Waals surface area contributed by atoms with Gasteiger partial charge in [-0.1, -0.05) is 54.6 Å². The van der Waals surface area contributed by atoms with Gasteiger partial charge in [0.15, 0.2) is 7.26 Å². The second-order valence-electron chi connectivity index (χ2n) is 7.16. The highest BCUT2D eigenvalue weighted by Crippen LogP contribution is 2.56. The maximum Gasteiger partial charge on any atom is 0.353 e. The third kappa shape index (κ3) is 3.73. The van der Waals surface area contributed by atoms with E-state index >= 15 is 0 Å². The van der Waals surface area contributed by atoms with Crippen molar-refractivity contribution in [3.05, 3.63) is 91.0 Å². The van der Waals surface area contributed by atoms with Gasteiger partial charge in [-0.15, -0.1) is 0 Å². The molecule has 0 amide bonds. The fraction of sp³-hybridized carbons (Fsp3) is 0.192. The molecular formula is C26H28N2O2P+. The molecule has 158 valence electrons. The van der Waals surface area contributed by atoms with Gasteiger partial charge in [-0.2, -0.15) is 4.98 Å². The zero-order valence-electron chi connectivity index (χ0n) is 18.2. The Hall–Kier alpha value is -3.10. The number of aromatic nitrogens is 1. The lowest BCUT2D eigenvalue weighted by Gasteiger charge is -2.25. The fourth-order valence-corrected chi connectivity index (χ4v) is 8.16. The summed E-state index contributed by atoms with van der Waals surface area (Å²) < 4.78 is 12.0. The Morgan fingerprint density at radius 2 is 1.16 bits per heavy atom. The molecule has 0 atom stereocenters. The number of oxazole rings is 1. The van der Waals surface area contributed by atoms with Crippen LogP contribution in [0.3, 0.4) is 0 Å². The first-order chi connectivity index (χ1) is 15.2. The Bertz CT molecular complexity index is 998. The molecule has 0 aliphatic rings. The Morgan fingerprint density at radius 1 is 0.742 bits per heavy atom. The lowest BCUT2D eigenvalue weighted by atomic mass is 10.4. The molecule has 3 aromatic carbocycles. The topological polar surface area (TPSA) is 38.5 Å². The summed E-state index contributed by atoms with van der Waals surface area (Å²) in [6, 6.07) is 32.5. The van der Waals surface area contributed by atoms with E-state index in [2.05, 4.69) is 110 Å². The van der Waals surface area contributed by atoms with Crippen LogP contribution in [0, 0.1) is 0 Å². The largest absolute Gasteiger partial charge is 0.464 e. The minimum absolute atomic E-state index is 0.479. The quantitative estimate of drug-likeness (QED) is 0.393. The lowest BCUT2D eigenvalue weighted by Crippen LogP contribution is -2.40. The summed E-state index contributed by atoms with van der Waals surface area (Å²) in [5.41, 5.74) is 0.862. The molecule has 0 radical (unpaired) electrons. The van der Waals surface area contributed by atoms with Crippen molar-refractivity contribution in [2.45, 2.75) is 13.8 Å². The molecule has 0 saturated heterocycles. The van der Waals surface area contributed by atoms with Gasteiger partial charge in [0, 0.05) is 13.1 Å². The average molecular weight is 431 g/mol. The number of anilines is 1. The van der Waals surface area contributed by atoms with E-state index in [9.17, 15) is 0 Å². The second kappa shape index (κ2) is 9.36.